The Morgan fingerprint density at radius 1 is 1.16 bits per heavy atom. The highest BCUT2D eigenvalue weighted by molar-refractivity contribution is 7.03. The van der Waals surface area contributed by atoms with Gasteiger partial charge in [-0.2, -0.15) is 5.10 Å². The molecule has 1 aromatic carbocycles. The molecule has 0 saturated carbocycles. The van der Waals surface area contributed by atoms with Crippen molar-refractivity contribution in [2.24, 2.45) is 0 Å². The van der Waals surface area contributed by atoms with E-state index >= 15 is 0 Å². The molecule has 0 aliphatic carbocycles. The number of amides is 2. The molecule has 0 bridgehead atoms. The third-order valence-electron chi connectivity index (χ3n) is 5.35. The highest BCUT2D eigenvalue weighted by atomic mass is 32.1. The minimum Gasteiger partial charge on any atom is -0.359 e. The number of imidazole rings is 1. The van der Waals surface area contributed by atoms with Gasteiger partial charge in [0, 0.05) is 29.8 Å². The Kier molecular flexibility index (Phi) is 6.90. The quantitative estimate of drug-likeness (QED) is 0.274. The van der Waals surface area contributed by atoms with E-state index in [9.17, 15) is 9.59 Å². The molecule has 4 aromatic rings. The summed E-state index contributed by atoms with van der Waals surface area (Å²) < 4.78 is 4.01. The van der Waals surface area contributed by atoms with Crippen LogP contribution in [0.4, 0.5) is 0 Å². The van der Waals surface area contributed by atoms with E-state index in [4.69, 9.17) is 0 Å². The van der Waals surface area contributed by atoms with Gasteiger partial charge in [0.1, 0.15) is 5.82 Å². The molecule has 2 amide bonds. The van der Waals surface area contributed by atoms with Crippen LogP contribution in [0.5, 0.6) is 0 Å². The summed E-state index contributed by atoms with van der Waals surface area (Å²) in [7, 11) is 1.64. The Labute approximate surface area is 189 Å². The van der Waals surface area contributed by atoms with Gasteiger partial charge in [-0.25, -0.2) is 9.36 Å². The molecule has 0 unspecified atom stereocenters. The molecule has 0 saturated heterocycles. The van der Waals surface area contributed by atoms with Gasteiger partial charge in [0.2, 0.25) is 5.91 Å². The van der Waals surface area contributed by atoms with Gasteiger partial charge in [-0.05, 0) is 36.5 Å². The lowest BCUT2D eigenvalue weighted by Gasteiger charge is -2.16. The Morgan fingerprint density at radius 3 is 2.88 bits per heavy atom. The lowest BCUT2D eigenvalue weighted by atomic mass is 10.1. The van der Waals surface area contributed by atoms with Crippen molar-refractivity contribution in [1.82, 2.24) is 35.2 Å². The molecule has 1 atom stereocenters. The number of unbranched alkanes of at least 4 members (excludes halogenated alkanes) is 2. The van der Waals surface area contributed by atoms with Crippen molar-refractivity contribution in [3.05, 3.63) is 53.6 Å². The first-order valence-corrected chi connectivity index (χ1v) is 11.4. The van der Waals surface area contributed by atoms with Crippen LogP contribution in [0.25, 0.3) is 22.2 Å². The molecule has 0 radical (unpaired) electrons. The number of aromatic amines is 2. The minimum atomic E-state index is -0.270. The molecule has 0 aliphatic rings. The molecule has 0 spiro atoms. The molecule has 0 aliphatic heterocycles. The number of nitrogens with one attached hydrogen (secondary N) is 4. The van der Waals surface area contributed by atoms with Crippen LogP contribution in [0.1, 0.15) is 54.3 Å². The summed E-state index contributed by atoms with van der Waals surface area (Å²) in [6, 6.07) is 5.75. The average molecular weight is 452 g/mol. The molecule has 10 heteroatoms. The first-order chi connectivity index (χ1) is 15.6. The highest BCUT2D eigenvalue weighted by Crippen LogP contribution is 2.25. The van der Waals surface area contributed by atoms with Gasteiger partial charge >= 0.3 is 0 Å². The normalized spacial score (nSPS) is 12.0. The van der Waals surface area contributed by atoms with Crippen LogP contribution in [0.2, 0.25) is 0 Å². The molecule has 4 N–H and O–H groups in total. The van der Waals surface area contributed by atoms with Crippen molar-refractivity contribution in [3.8, 4) is 11.3 Å². The van der Waals surface area contributed by atoms with Crippen molar-refractivity contribution in [3.63, 3.8) is 0 Å². The molecular formula is C22H25N7O2S. The largest absolute Gasteiger partial charge is 0.359 e. The number of fused-ring (bicyclic) bond motifs is 1. The number of nitrogens with zero attached hydrogens (tertiary/aromatic N) is 3. The van der Waals surface area contributed by atoms with Crippen molar-refractivity contribution < 1.29 is 9.59 Å². The zero-order chi connectivity index (χ0) is 22.3. The fraction of sp³-hybridized carbons (Fsp3) is 0.318. The fourth-order valence-corrected chi connectivity index (χ4v) is 4.06. The van der Waals surface area contributed by atoms with Gasteiger partial charge in [-0.1, -0.05) is 18.9 Å². The molecule has 9 nitrogen and oxygen atoms in total. The zero-order valence-corrected chi connectivity index (χ0v) is 18.5. The molecule has 0 fully saturated rings. The molecule has 32 heavy (non-hydrogen) atoms. The van der Waals surface area contributed by atoms with E-state index < -0.39 is 0 Å². The zero-order valence-electron chi connectivity index (χ0n) is 17.7. The van der Waals surface area contributed by atoms with Crippen molar-refractivity contribution in [2.45, 2.75) is 38.1 Å². The molecule has 4 rings (SSSR count). The maximum Gasteiger partial charge on any atom is 0.254 e. The Hall–Kier alpha value is -3.53. The van der Waals surface area contributed by atoms with E-state index in [1.165, 1.54) is 11.5 Å². The first-order valence-electron chi connectivity index (χ1n) is 10.5. The third-order valence-corrected chi connectivity index (χ3v) is 5.94. The van der Waals surface area contributed by atoms with E-state index in [0.29, 0.717) is 24.2 Å². The summed E-state index contributed by atoms with van der Waals surface area (Å²) in [6.07, 6.45) is 8.92. The number of aromatic nitrogens is 5. The summed E-state index contributed by atoms with van der Waals surface area (Å²) >= 11 is 1.24. The Bertz CT molecular complexity index is 1180. The molecule has 166 valence electrons. The van der Waals surface area contributed by atoms with E-state index in [0.717, 1.165) is 41.4 Å². The van der Waals surface area contributed by atoms with E-state index in [-0.39, 0.29) is 17.9 Å². The second kappa shape index (κ2) is 10.2. The van der Waals surface area contributed by atoms with Crippen molar-refractivity contribution in [2.75, 3.05) is 7.05 Å². The van der Waals surface area contributed by atoms with Gasteiger partial charge in [0.25, 0.3) is 5.91 Å². The highest BCUT2D eigenvalue weighted by Gasteiger charge is 2.19. The van der Waals surface area contributed by atoms with Gasteiger partial charge < -0.3 is 15.6 Å². The maximum absolute atomic E-state index is 12.7. The number of carbonyl (C=O) groups excluding carboxylic acids is 2. The number of hydrogen-bond donors (Lipinski definition) is 4. The lowest BCUT2D eigenvalue weighted by molar-refractivity contribution is -0.120. The number of carbonyl (C=O) groups is 2. The van der Waals surface area contributed by atoms with Gasteiger partial charge in [-0.3, -0.25) is 14.7 Å². The van der Waals surface area contributed by atoms with Crippen LogP contribution >= 0.6 is 11.5 Å². The summed E-state index contributed by atoms with van der Waals surface area (Å²) in [5, 5.41) is 15.5. The van der Waals surface area contributed by atoms with Crippen molar-refractivity contribution in [1.29, 1.82) is 0 Å². The van der Waals surface area contributed by atoms with Crippen LogP contribution in [0.3, 0.4) is 0 Å². The second-order valence-corrected chi connectivity index (χ2v) is 8.22. The summed E-state index contributed by atoms with van der Waals surface area (Å²) in [5.41, 5.74) is 3.38. The van der Waals surface area contributed by atoms with Gasteiger partial charge in [0.05, 0.1) is 41.4 Å². The monoisotopic (exact) mass is 451 g/mol. The number of benzene rings is 1. The summed E-state index contributed by atoms with van der Waals surface area (Å²) in [6.45, 7) is 0. The molecule has 3 heterocycles. The maximum atomic E-state index is 12.7. The topological polar surface area (TPSA) is 128 Å². The minimum absolute atomic E-state index is 0.0464. The number of hydrogen-bond acceptors (Lipinski definition) is 6. The standard InChI is InChI=1S/C22H25N7O2S/c1-23-20(30)6-4-2-3-5-18(28-22(31)16-11-26-32-13-16)21-24-12-19(27-21)14-7-8-17-15(9-14)10-25-29-17/h7-13,18H,2-6H2,1H3,(H,23,30)(H,24,27)(H,25,29)(H,28,31)/t18-/m0/s1. The van der Waals surface area contributed by atoms with Crippen LogP contribution in [-0.4, -0.2) is 43.4 Å². The van der Waals surface area contributed by atoms with Crippen LogP contribution in [0.15, 0.2) is 42.2 Å². The smallest absolute Gasteiger partial charge is 0.254 e. The van der Waals surface area contributed by atoms with E-state index in [1.54, 1.807) is 31.0 Å². The molecule has 3 aromatic heterocycles. The number of rotatable bonds is 10. The Balaban J connectivity index is 1.47. The fourth-order valence-electron chi connectivity index (χ4n) is 3.54. The third kappa shape index (κ3) is 5.20. The summed E-state index contributed by atoms with van der Waals surface area (Å²) in [5.74, 6) is 0.576. The van der Waals surface area contributed by atoms with Crippen molar-refractivity contribution >= 4 is 34.2 Å². The van der Waals surface area contributed by atoms with E-state index in [1.807, 2.05) is 18.2 Å². The van der Waals surface area contributed by atoms with Gasteiger partial charge in [-0.15, -0.1) is 0 Å². The van der Waals surface area contributed by atoms with Gasteiger partial charge in [0.15, 0.2) is 0 Å². The van der Waals surface area contributed by atoms with Crippen LogP contribution in [0, 0.1) is 0 Å². The SMILES string of the molecule is CNC(=O)CCCCC[C@H](NC(=O)c1cnsc1)c1ncc(-c2ccc3[nH]ncc3c2)[nH]1. The predicted octanol–water partition coefficient (Wildman–Crippen LogP) is 3.58. The number of H-pyrrole nitrogens is 2. The first kappa shape index (κ1) is 21.7. The van der Waals surface area contributed by atoms with E-state index in [2.05, 4.69) is 35.2 Å². The Morgan fingerprint density at radius 2 is 2.06 bits per heavy atom. The van der Waals surface area contributed by atoms with Crippen LogP contribution in [-0.2, 0) is 4.79 Å². The average Bonchev–Trinajstić information content (AvgIpc) is 3.58. The predicted molar refractivity (Wildman–Crippen MR) is 123 cm³/mol. The molecular weight excluding hydrogens is 426 g/mol. The second-order valence-electron chi connectivity index (χ2n) is 7.57. The van der Waals surface area contributed by atoms with Crippen LogP contribution < -0.4 is 10.6 Å². The summed E-state index contributed by atoms with van der Waals surface area (Å²) in [4.78, 5) is 32.0. The lowest BCUT2D eigenvalue weighted by Crippen LogP contribution is -2.29.